The molecular weight excluding hydrogens is 208 g/mol. The fraction of sp³-hybridized carbons (Fsp3) is 0.909. The Morgan fingerprint density at radius 2 is 2.25 bits per heavy atom. The summed E-state index contributed by atoms with van der Waals surface area (Å²) in [5, 5.41) is 14.7. The number of rotatable bonds is 10. The van der Waals surface area contributed by atoms with Crippen molar-refractivity contribution in [1.82, 2.24) is 10.6 Å². The minimum Gasteiger partial charge on any atom is -0.396 e. The Hall–Kier alpha value is -0.650. The highest BCUT2D eigenvalue weighted by molar-refractivity contribution is 5.77. The van der Waals surface area contributed by atoms with Crippen LogP contribution in [0.1, 0.15) is 26.2 Å². The Bertz CT molecular complexity index is 177. The number of hydrogen-bond donors (Lipinski definition) is 3. The van der Waals surface area contributed by atoms with E-state index in [0.717, 1.165) is 12.8 Å². The molecule has 5 heteroatoms. The molecule has 0 aromatic carbocycles. The molecule has 0 fully saturated rings. The van der Waals surface area contributed by atoms with Gasteiger partial charge in [-0.3, -0.25) is 4.79 Å². The lowest BCUT2D eigenvalue weighted by molar-refractivity contribution is -0.120. The van der Waals surface area contributed by atoms with Gasteiger partial charge < -0.3 is 20.5 Å². The Balaban J connectivity index is 3.47. The summed E-state index contributed by atoms with van der Waals surface area (Å²) in [6, 6.07) is 0.217. The van der Waals surface area contributed by atoms with Crippen LogP contribution in [-0.4, -0.2) is 50.5 Å². The van der Waals surface area contributed by atoms with Crippen LogP contribution in [0.4, 0.5) is 0 Å². The second-order valence-corrected chi connectivity index (χ2v) is 3.69. The van der Waals surface area contributed by atoms with Crippen LogP contribution in [0.15, 0.2) is 0 Å². The Morgan fingerprint density at radius 3 is 2.81 bits per heavy atom. The van der Waals surface area contributed by atoms with Gasteiger partial charge in [-0.25, -0.2) is 0 Å². The number of aliphatic hydroxyl groups is 1. The number of ether oxygens (including phenoxy) is 1. The van der Waals surface area contributed by atoms with Crippen LogP contribution in [0, 0.1) is 0 Å². The molecule has 0 aliphatic heterocycles. The first-order chi connectivity index (χ1) is 7.74. The molecule has 1 amide bonds. The summed E-state index contributed by atoms with van der Waals surface area (Å²) < 4.78 is 4.88. The molecule has 5 nitrogen and oxygen atoms in total. The van der Waals surface area contributed by atoms with Crippen molar-refractivity contribution in [1.29, 1.82) is 0 Å². The van der Waals surface area contributed by atoms with Crippen LogP contribution in [0.2, 0.25) is 0 Å². The third-order valence-electron chi connectivity index (χ3n) is 2.37. The molecule has 0 radical (unpaired) electrons. The molecule has 1 atom stereocenters. The van der Waals surface area contributed by atoms with Gasteiger partial charge in [0.25, 0.3) is 0 Å². The highest BCUT2D eigenvalue weighted by Gasteiger charge is 2.07. The minimum absolute atomic E-state index is 0.00695. The molecule has 0 aromatic heterocycles. The average Bonchev–Trinajstić information content (AvgIpc) is 2.30. The quantitative estimate of drug-likeness (QED) is 0.460. The van der Waals surface area contributed by atoms with Crippen molar-refractivity contribution < 1.29 is 14.6 Å². The van der Waals surface area contributed by atoms with E-state index in [1.165, 1.54) is 0 Å². The molecule has 0 heterocycles. The van der Waals surface area contributed by atoms with Crippen molar-refractivity contribution in [2.45, 2.75) is 32.2 Å². The van der Waals surface area contributed by atoms with Crippen LogP contribution in [0.5, 0.6) is 0 Å². The van der Waals surface area contributed by atoms with Gasteiger partial charge in [-0.05, 0) is 19.3 Å². The summed E-state index contributed by atoms with van der Waals surface area (Å²) in [5.74, 6) is -0.00695. The number of hydrogen-bond acceptors (Lipinski definition) is 4. The maximum atomic E-state index is 11.4. The fourth-order valence-electron chi connectivity index (χ4n) is 1.35. The van der Waals surface area contributed by atoms with E-state index in [9.17, 15) is 4.79 Å². The van der Waals surface area contributed by atoms with Crippen molar-refractivity contribution in [3.05, 3.63) is 0 Å². The Morgan fingerprint density at radius 1 is 1.50 bits per heavy atom. The zero-order valence-electron chi connectivity index (χ0n) is 10.3. The van der Waals surface area contributed by atoms with Gasteiger partial charge in [0.05, 0.1) is 6.54 Å². The molecule has 0 bridgehead atoms. The average molecular weight is 232 g/mol. The zero-order valence-corrected chi connectivity index (χ0v) is 10.3. The molecule has 0 spiro atoms. The first-order valence-corrected chi connectivity index (χ1v) is 5.84. The molecule has 0 aliphatic rings. The summed E-state index contributed by atoms with van der Waals surface area (Å²) in [6.45, 7) is 3.80. The molecule has 0 aliphatic carbocycles. The van der Waals surface area contributed by atoms with E-state index in [2.05, 4.69) is 10.6 Å². The monoisotopic (exact) mass is 232 g/mol. The smallest absolute Gasteiger partial charge is 0.233 e. The van der Waals surface area contributed by atoms with Crippen molar-refractivity contribution >= 4 is 5.91 Å². The van der Waals surface area contributed by atoms with E-state index in [1.54, 1.807) is 7.11 Å². The van der Waals surface area contributed by atoms with Crippen LogP contribution >= 0.6 is 0 Å². The number of carbonyl (C=O) groups excluding carboxylic acids is 1. The van der Waals surface area contributed by atoms with Gasteiger partial charge in [0, 0.05) is 32.9 Å². The van der Waals surface area contributed by atoms with E-state index < -0.39 is 0 Å². The summed E-state index contributed by atoms with van der Waals surface area (Å²) in [5.41, 5.74) is 0. The highest BCUT2D eigenvalue weighted by atomic mass is 16.5. The summed E-state index contributed by atoms with van der Waals surface area (Å²) >= 11 is 0. The van der Waals surface area contributed by atoms with Gasteiger partial charge in [-0.15, -0.1) is 0 Å². The van der Waals surface area contributed by atoms with Crippen molar-refractivity contribution in [2.75, 3.05) is 33.4 Å². The second-order valence-electron chi connectivity index (χ2n) is 3.69. The van der Waals surface area contributed by atoms with Gasteiger partial charge >= 0.3 is 0 Å². The van der Waals surface area contributed by atoms with E-state index in [-0.39, 0.29) is 18.6 Å². The minimum atomic E-state index is -0.00695. The van der Waals surface area contributed by atoms with E-state index in [4.69, 9.17) is 9.84 Å². The maximum Gasteiger partial charge on any atom is 0.233 e. The molecule has 0 rings (SSSR count). The summed E-state index contributed by atoms with van der Waals surface area (Å²) in [7, 11) is 1.64. The first-order valence-electron chi connectivity index (χ1n) is 5.84. The fourth-order valence-corrected chi connectivity index (χ4v) is 1.35. The molecule has 0 saturated heterocycles. The predicted octanol–water partition coefficient (Wildman–Crippen LogP) is -0.110. The standard InChI is InChI=1S/C11H24N2O3/c1-3-10(5-7-14)13-9-11(15)12-6-4-8-16-2/h10,13-14H,3-9H2,1-2H3,(H,12,15). The topological polar surface area (TPSA) is 70.6 Å². The molecule has 0 aromatic rings. The second kappa shape index (κ2) is 10.9. The van der Waals surface area contributed by atoms with Crippen LogP contribution in [0.25, 0.3) is 0 Å². The first kappa shape index (κ1) is 15.3. The lowest BCUT2D eigenvalue weighted by Gasteiger charge is -2.15. The van der Waals surface area contributed by atoms with Gasteiger partial charge in [0.2, 0.25) is 5.91 Å². The predicted molar refractivity (Wildman–Crippen MR) is 63.3 cm³/mol. The summed E-state index contributed by atoms with van der Waals surface area (Å²) in [6.07, 6.45) is 2.43. The van der Waals surface area contributed by atoms with Crippen molar-refractivity contribution in [3.8, 4) is 0 Å². The van der Waals surface area contributed by atoms with E-state index in [0.29, 0.717) is 26.1 Å². The third kappa shape index (κ3) is 8.64. The van der Waals surface area contributed by atoms with Crippen molar-refractivity contribution in [2.24, 2.45) is 0 Å². The SMILES string of the molecule is CCC(CCO)NCC(=O)NCCCOC. The van der Waals surface area contributed by atoms with Crippen LogP contribution in [0.3, 0.4) is 0 Å². The number of aliphatic hydroxyl groups excluding tert-OH is 1. The Kier molecular flexibility index (Phi) is 10.4. The number of nitrogens with one attached hydrogen (secondary N) is 2. The molecule has 96 valence electrons. The van der Waals surface area contributed by atoms with Gasteiger partial charge in [0.1, 0.15) is 0 Å². The van der Waals surface area contributed by atoms with E-state index in [1.807, 2.05) is 6.92 Å². The molecular formula is C11H24N2O3. The number of amides is 1. The number of carbonyl (C=O) groups is 1. The number of methoxy groups -OCH3 is 1. The maximum absolute atomic E-state index is 11.4. The van der Waals surface area contributed by atoms with Crippen molar-refractivity contribution in [3.63, 3.8) is 0 Å². The van der Waals surface area contributed by atoms with E-state index >= 15 is 0 Å². The van der Waals surface area contributed by atoms with Gasteiger partial charge in [-0.1, -0.05) is 6.92 Å². The van der Waals surface area contributed by atoms with Gasteiger partial charge in [0.15, 0.2) is 0 Å². The van der Waals surface area contributed by atoms with Gasteiger partial charge in [-0.2, -0.15) is 0 Å². The molecule has 0 saturated carbocycles. The lowest BCUT2D eigenvalue weighted by atomic mass is 10.1. The summed E-state index contributed by atoms with van der Waals surface area (Å²) in [4.78, 5) is 11.4. The normalized spacial score (nSPS) is 12.4. The highest BCUT2D eigenvalue weighted by Crippen LogP contribution is 1.95. The zero-order chi connectivity index (χ0) is 12.2. The molecule has 1 unspecified atom stereocenters. The molecule has 16 heavy (non-hydrogen) atoms. The van der Waals surface area contributed by atoms with Crippen LogP contribution < -0.4 is 10.6 Å². The van der Waals surface area contributed by atoms with Crippen LogP contribution in [-0.2, 0) is 9.53 Å². The molecule has 3 N–H and O–H groups in total. The lowest BCUT2D eigenvalue weighted by Crippen LogP contribution is -2.39. The Labute approximate surface area is 97.6 Å². The third-order valence-corrected chi connectivity index (χ3v) is 2.37. The largest absolute Gasteiger partial charge is 0.396 e.